The number of fused-ring (bicyclic) bond motifs is 1. The standard InChI is InChI=1S/C14H19ClO2/c1-3-5-9-11-8-12(15)10(14(9)11)6-7-13(16)17-4-2/h6-7,9,11,14H,3-5,8H2,1-2H3/t9-,11+,14+/m0/s1. The number of esters is 1. The van der Waals surface area contributed by atoms with E-state index >= 15 is 0 Å². The predicted octanol–water partition coefficient (Wildman–Crippen LogP) is 3.66. The molecular weight excluding hydrogens is 236 g/mol. The van der Waals surface area contributed by atoms with Crippen molar-refractivity contribution < 1.29 is 9.53 Å². The smallest absolute Gasteiger partial charge is 0.330 e. The summed E-state index contributed by atoms with van der Waals surface area (Å²) in [7, 11) is 0. The molecule has 0 bridgehead atoms. The van der Waals surface area contributed by atoms with E-state index in [1.165, 1.54) is 24.5 Å². The Morgan fingerprint density at radius 1 is 1.53 bits per heavy atom. The highest BCUT2D eigenvalue weighted by Gasteiger charge is 2.54. The number of ether oxygens (including phenoxy) is 1. The van der Waals surface area contributed by atoms with Crippen molar-refractivity contribution in [2.75, 3.05) is 6.61 Å². The molecule has 3 atom stereocenters. The van der Waals surface area contributed by atoms with Gasteiger partial charge in [-0.25, -0.2) is 4.79 Å². The van der Waals surface area contributed by atoms with Crippen molar-refractivity contribution in [2.24, 2.45) is 17.8 Å². The molecule has 2 nitrogen and oxygen atoms in total. The number of carbonyl (C=O) groups is 1. The van der Waals surface area contributed by atoms with Crippen molar-refractivity contribution >= 4 is 17.6 Å². The van der Waals surface area contributed by atoms with Crippen molar-refractivity contribution in [3.05, 3.63) is 22.8 Å². The monoisotopic (exact) mass is 254 g/mol. The van der Waals surface area contributed by atoms with Crippen LogP contribution in [0.25, 0.3) is 0 Å². The van der Waals surface area contributed by atoms with Crippen LogP contribution in [0.15, 0.2) is 22.8 Å². The Hall–Kier alpha value is -0.760. The van der Waals surface area contributed by atoms with Crippen LogP contribution in [0.2, 0.25) is 0 Å². The lowest BCUT2D eigenvalue weighted by Crippen LogP contribution is -1.99. The molecule has 94 valence electrons. The normalized spacial score (nSPS) is 30.9. The summed E-state index contributed by atoms with van der Waals surface area (Å²) in [6.45, 7) is 4.44. The van der Waals surface area contributed by atoms with Gasteiger partial charge in [0.05, 0.1) is 6.61 Å². The first kappa shape index (κ1) is 12.7. The fourth-order valence-electron chi connectivity index (χ4n) is 2.97. The zero-order valence-electron chi connectivity index (χ0n) is 10.4. The van der Waals surface area contributed by atoms with E-state index in [9.17, 15) is 4.79 Å². The van der Waals surface area contributed by atoms with Gasteiger partial charge in [-0.2, -0.15) is 0 Å². The van der Waals surface area contributed by atoms with Crippen LogP contribution in [0.3, 0.4) is 0 Å². The van der Waals surface area contributed by atoms with E-state index in [0.29, 0.717) is 12.5 Å². The van der Waals surface area contributed by atoms with Gasteiger partial charge in [0.15, 0.2) is 0 Å². The van der Waals surface area contributed by atoms with E-state index < -0.39 is 0 Å². The minimum absolute atomic E-state index is 0.277. The van der Waals surface area contributed by atoms with E-state index in [0.717, 1.165) is 23.3 Å². The Kier molecular flexibility index (Phi) is 3.93. The zero-order chi connectivity index (χ0) is 12.4. The second-order valence-corrected chi connectivity index (χ2v) is 5.25. The molecule has 1 saturated carbocycles. The number of allylic oxidation sites excluding steroid dienone is 3. The maximum Gasteiger partial charge on any atom is 0.330 e. The quantitative estimate of drug-likeness (QED) is 0.553. The minimum Gasteiger partial charge on any atom is -0.463 e. The van der Waals surface area contributed by atoms with Gasteiger partial charge in [-0.15, -0.1) is 0 Å². The first-order valence-corrected chi connectivity index (χ1v) is 6.80. The molecule has 2 aliphatic carbocycles. The molecule has 0 radical (unpaired) electrons. The fraction of sp³-hybridized carbons (Fsp3) is 0.643. The van der Waals surface area contributed by atoms with E-state index in [2.05, 4.69) is 6.92 Å². The first-order chi connectivity index (χ1) is 8.19. The Balaban J connectivity index is 1.96. The van der Waals surface area contributed by atoms with Gasteiger partial charge in [0.2, 0.25) is 0 Å². The van der Waals surface area contributed by atoms with Crippen LogP contribution in [0.5, 0.6) is 0 Å². The summed E-state index contributed by atoms with van der Waals surface area (Å²) in [5.41, 5.74) is 1.17. The molecule has 2 aliphatic rings. The molecule has 2 rings (SSSR count). The summed E-state index contributed by atoms with van der Waals surface area (Å²) in [6.07, 6.45) is 6.87. The van der Waals surface area contributed by atoms with Gasteiger partial charge in [-0.1, -0.05) is 31.0 Å². The molecule has 0 aromatic heterocycles. The summed E-state index contributed by atoms with van der Waals surface area (Å²) >= 11 is 6.21. The maximum atomic E-state index is 11.3. The van der Waals surface area contributed by atoms with Gasteiger partial charge in [0.25, 0.3) is 0 Å². The molecule has 17 heavy (non-hydrogen) atoms. The molecule has 0 aliphatic heterocycles. The van der Waals surface area contributed by atoms with E-state index in [1.807, 2.05) is 13.0 Å². The van der Waals surface area contributed by atoms with E-state index in [-0.39, 0.29) is 5.97 Å². The minimum atomic E-state index is -0.277. The predicted molar refractivity (Wildman–Crippen MR) is 68.6 cm³/mol. The van der Waals surface area contributed by atoms with Crippen LogP contribution in [0, 0.1) is 17.8 Å². The lowest BCUT2D eigenvalue weighted by molar-refractivity contribution is -0.137. The molecule has 0 aromatic carbocycles. The van der Waals surface area contributed by atoms with Gasteiger partial charge < -0.3 is 4.74 Å². The third-order valence-corrected chi connectivity index (χ3v) is 4.10. The lowest BCUT2D eigenvalue weighted by Gasteiger charge is -2.04. The summed E-state index contributed by atoms with van der Waals surface area (Å²) in [5, 5.41) is 0.938. The van der Waals surface area contributed by atoms with Crippen molar-refractivity contribution in [2.45, 2.75) is 33.1 Å². The molecule has 3 heteroatoms. The summed E-state index contributed by atoms with van der Waals surface area (Å²) < 4.78 is 4.87. The van der Waals surface area contributed by atoms with Crippen LogP contribution in [0.4, 0.5) is 0 Å². The van der Waals surface area contributed by atoms with Crippen LogP contribution in [0.1, 0.15) is 33.1 Å². The Bertz CT molecular complexity index is 370. The van der Waals surface area contributed by atoms with Crippen molar-refractivity contribution in [3.8, 4) is 0 Å². The first-order valence-electron chi connectivity index (χ1n) is 6.42. The van der Waals surface area contributed by atoms with Crippen molar-refractivity contribution in [3.63, 3.8) is 0 Å². The van der Waals surface area contributed by atoms with Crippen LogP contribution in [-0.4, -0.2) is 12.6 Å². The number of hydrogen-bond donors (Lipinski definition) is 0. The van der Waals surface area contributed by atoms with Gasteiger partial charge in [0, 0.05) is 11.1 Å². The molecule has 0 amide bonds. The average Bonchev–Trinajstić information content (AvgIpc) is 2.83. The van der Waals surface area contributed by atoms with Crippen molar-refractivity contribution in [1.29, 1.82) is 0 Å². The van der Waals surface area contributed by atoms with Crippen LogP contribution < -0.4 is 0 Å². The highest BCUT2D eigenvalue weighted by molar-refractivity contribution is 6.30. The summed E-state index contributed by atoms with van der Waals surface area (Å²) in [6, 6.07) is 0. The highest BCUT2D eigenvalue weighted by atomic mass is 35.5. The molecular formula is C14H19ClO2. The summed E-state index contributed by atoms with van der Waals surface area (Å²) in [4.78, 5) is 11.3. The Morgan fingerprint density at radius 2 is 2.29 bits per heavy atom. The third-order valence-electron chi connectivity index (χ3n) is 3.73. The van der Waals surface area contributed by atoms with Crippen LogP contribution >= 0.6 is 11.6 Å². The maximum absolute atomic E-state index is 11.3. The fourth-order valence-corrected chi connectivity index (χ4v) is 3.33. The van der Waals surface area contributed by atoms with Gasteiger partial charge in [0.1, 0.15) is 0 Å². The zero-order valence-corrected chi connectivity index (χ0v) is 11.2. The second-order valence-electron chi connectivity index (χ2n) is 4.79. The van der Waals surface area contributed by atoms with Gasteiger partial charge in [-0.05, 0) is 43.1 Å². The molecule has 0 saturated heterocycles. The number of hydrogen-bond acceptors (Lipinski definition) is 2. The largest absolute Gasteiger partial charge is 0.463 e. The van der Waals surface area contributed by atoms with Crippen LogP contribution in [-0.2, 0) is 9.53 Å². The highest BCUT2D eigenvalue weighted by Crippen LogP contribution is 2.62. The lowest BCUT2D eigenvalue weighted by atomic mass is 10.1. The topological polar surface area (TPSA) is 26.3 Å². The molecule has 1 fully saturated rings. The third kappa shape index (κ3) is 2.57. The molecule has 0 unspecified atom stereocenters. The number of rotatable bonds is 5. The van der Waals surface area contributed by atoms with E-state index in [4.69, 9.17) is 16.3 Å². The van der Waals surface area contributed by atoms with E-state index in [1.54, 1.807) is 0 Å². The molecule has 0 heterocycles. The SMILES string of the molecule is CCC[C@H]1[C@H]2CC(Cl)=C(C=CC(=O)OCC)[C@H]21. The molecule has 0 N–H and O–H groups in total. The van der Waals surface area contributed by atoms with Gasteiger partial charge in [-0.3, -0.25) is 0 Å². The Morgan fingerprint density at radius 3 is 2.94 bits per heavy atom. The average molecular weight is 255 g/mol. The molecule has 0 spiro atoms. The number of carbonyl (C=O) groups excluding carboxylic acids is 1. The number of halogens is 1. The second kappa shape index (κ2) is 5.26. The van der Waals surface area contributed by atoms with Crippen molar-refractivity contribution in [1.82, 2.24) is 0 Å². The Labute approximate surface area is 108 Å². The summed E-state index contributed by atoms with van der Waals surface area (Å²) in [5.74, 6) is 1.86. The van der Waals surface area contributed by atoms with Gasteiger partial charge >= 0.3 is 5.97 Å². The molecule has 0 aromatic rings.